The van der Waals surface area contributed by atoms with Crippen molar-refractivity contribution in [3.8, 4) is 11.5 Å². The van der Waals surface area contributed by atoms with E-state index in [-0.39, 0.29) is 12.5 Å². The van der Waals surface area contributed by atoms with Gasteiger partial charge >= 0.3 is 0 Å². The third-order valence-corrected chi connectivity index (χ3v) is 5.58. The first-order valence-electron chi connectivity index (χ1n) is 9.00. The lowest BCUT2D eigenvalue weighted by Gasteiger charge is -2.34. The van der Waals surface area contributed by atoms with Crippen LogP contribution in [-0.2, 0) is 22.6 Å². The molecule has 0 saturated heterocycles. The van der Waals surface area contributed by atoms with Gasteiger partial charge in [-0.05, 0) is 33.5 Å². The Morgan fingerprint density at radius 1 is 1.14 bits per heavy atom. The van der Waals surface area contributed by atoms with E-state index in [0.717, 1.165) is 11.1 Å². The number of carbonyl (C=O) groups is 2. The standard InChI is InChI=1S/C20H20BrN3O4/c21-14-8-17-18(28-6-5-27-17)9-15(14)23-19(25)11-24-10-13-4-2-1-3-12(13)7-16(24)20(22)26/h1-4,8-9,16H,5-7,10-11H2,(H2,22,26)(H,23,25). The highest BCUT2D eigenvalue weighted by Gasteiger charge is 2.31. The predicted octanol–water partition coefficient (Wildman–Crippen LogP) is 2.07. The van der Waals surface area contributed by atoms with Crippen molar-refractivity contribution in [3.05, 3.63) is 52.0 Å². The first-order valence-corrected chi connectivity index (χ1v) is 9.79. The molecule has 2 aliphatic rings. The van der Waals surface area contributed by atoms with E-state index in [4.69, 9.17) is 15.2 Å². The molecule has 2 heterocycles. The van der Waals surface area contributed by atoms with Gasteiger partial charge in [0.05, 0.1) is 18.3 Å². The number of benzene rings is 2. The quantitative estimate of drug-likeness (QED) is 0.750. The van der Waals surface area contributed by atoms with E-state index in [1.165, 1.54) is 0 Å². The summed E-state index contributed by atoms with van der Waals surface area (Å²) in [7, 11) is 0. The average Bonchev–Trinajstić information content (AvgIpc) is 2.68. The number of nitrogens with one attached hydrogen (secondary N) is 1. The predicted molar refractivity (Wildman–Crippen MR) is 107 cm³/mol. The van der Waals surface area contributed by atoms with E-state index >= 15 is 0 Å². The first-order chi connectivity index (χ1) is 13.5. The summed E-state index contributed by atoms with van der Waals surface area (Å²) in [4.78, 5) is 26.4. The minimum atomic E-state index is -0.510. The number of hydrogen-bond donors (Lipinski definition) is 2. The van der Waals surface area contributed by atoms with Crippen LogP contribution >= 0.6 is 15.9 Å². The zero-order chi connectivity index (χ0) is 19.7. The second kappa shape index (κ2) is 7.81. The van der Waals surface area contributed by atoms with Gasteiger partial charge in [0.1, 0.15) is 13.2 Å². The Morgan fingerprint density at radius 2 is 1.82 bits per heavy atom. The Labute approximate surface area is 170 Å². The Balaban J connectivity index is 1.49. The molecule has 3 N–H and O–H groups in total. The third-order valence-electron chi connectivity index (χ3n) is 4.93. The van der Waals surface area contributed by atoms with E-state index < -0.39 is 11.9 Å². The zero-order valence-corrected chi connectivity index (χ0v) is 16.7. The lowest BCUT2D eigenvalue weighted by Crippen LogP contribution is -2.50. The number of carbonyl (C=O) groups excluding carboxylic acids is 2. The zero-order valence-electron chi connectivity index (χ0n) is 15.1. The number of hydrogen-bond acceptors (Lipinski definition) is 5. The van der Waals surface area contributed by atoms with Crippen LogP contribution in [0.2, 0.25) is 0 Å². The molecule has 0 aromatic heterocycles. The molecule has 8 heteroatoms. The van der Waals surface area contributed by atoms with E-state index in [1.807, 2.05) is 29.2 Å². The van der Waals surface area contributed by atoms with Crippen molar-refractivity contribution < 1.29 is 19.1 Å². The fourth-order valence-corrected chi connectivity index (χ4v) is 3.98. The molecule has 2 aromatic rings. The molecule has 0 aliphatic carbocycles. The Hall–Kier alpha value is -2.58. The number of ether oxygens (including phenoxy) is 2. The summed E-state index contributed by atoms with van der Waals surface area (Å²) in [5.41, 5.74) is 8.38. The monoisotopic (exact) mass is 445 g/mol. The van der Waals surface area contributed by atoms with Crippen LogP contribution in [0.25, 0.3) is 0 Å². The van der Waals surface area contributed by atoms with Crippen molar-refractivity contribution in [2.24, 2.45) is 5.73 Å². The number of rotatable bonds is 4. The fraction of sp³-hybridized carbons (Fsp3) is 0.300. The molecule has 28 heavy (non-hydrogen) atoms. The van der Waals surface area contributed by atoms with Crippen molar-refractivity contribution in [1.82, 2.24) is 4.90 Å². The number of nitrogens with two attached hydrogens (primary N) is 1. The maximum Gasteiger partial charge on any atom is 0.238 e. The molecule has 0 bridgehead atoms. The number of nitrogens with zero attached hydrogens (tertiary/aromatic N) is 1. The second-order valence-electron chi connectivity index (χ2n) is 6.82. The normalized spacial score (nSPS) is 18.2. The summed E-state index contributed by atoms with van der Waals surface area (Å²) in [6, 6.07) is 10.9. The molecular formula is C20H20BrN3O4. The minimum absolute atomic E-state index is 0.0584. The highest BCUT2D eigenvalue weighted by Crippen LogP contribution is 2.38. The molecule has 1 atom stereocenters. The lowest BCUT2D eigenvalue weighted by atomic mass is 9.93. The maximum atomic E-state index is 12.7. The Kier molecular flexibility index (Phi) is 5.23. The summed E-state index contributed by atoms with van der Waals surface area (Å²) in [6.07, 6.45) is 0.506. The molecule has 1 unspecified atom stereocenters. The number of fused-ring (bicyclic) bond motifs is 2. The fourth-order valence-electron chi connectivity index (χ4n) is 3.56. The van der Waals surface area contributed by atoms with Crippen LogP contribution in [0, 0.1) is 0 Å². The highest BCUT2D eigenvalue weighted by atomic mass is 79.9. The van der Waals surface area contributed by atoms with Crippen molar-refractivity contribution in [3.63, 3.8) is 0 Å². The molecule has 2 amide bonds. The molecule has 7 nitrogen and oxygen atoms in total. The molecule has 0 saturated carbocycles. The van der Waals surface area contributed by atoms with Crippen LogP contribution in [0.3, 0.4) is 0 Å². The van der Waals surface area contributed by atoms with Gasteiger partial charge in [-0.2, -0.15) is 0 Å². The minimum Gasteiger partial charge on any atom is -0.486 e. The number of amides is 2. The van der Waals surface area contributed by atoms with Gasteiger partial charge in [0.25, 0.3) is 0 Å². The second-order valence-corrected chi connectivity index (χ2v) is 7.67. The third kappa shape index (κ3) is 3.83. The lowest BCUT2D eigenvalue weighted by molar-refractivity contribution is -0.125. The van der Waals surface area contributed by atoms with Gasteiger partial charge in [-0.25, -0.2) is 0 Å². The SMILES string of the molecule is NC(=O)C1Cc2ccccc2CN1CC(=O)Nc1cc2c(cc1Br)OCCO2. The molecular weight excluding hydrogens is 426 g/mol. The van der Waals surface area contributed by atoms with Gasteiger partial charge in [0, 0.05) is 23.2 Å². The Morgan fingerprint density at radius 3 is 2.54 bits per heavy atom. The number of halogens is 1. The van der Waals surface area contributed by atoms with Crippen LogP contribution in [0.1, 0.15) is 11.1 Å². The summed E-state index contributed by atoms with van der Waals surface area (Å²) in [5.74, 6) is 0.565. The van der Waals surface area contributed by atoms with Crippen LogP contribution in [-0.4, -0.2) is 42.5 Å². The summed E-state index contributed by atoms with van der Waals surface area (Å²) in [5, 5.41) is 2.88. The van der Waals surface area contributed by atoms with E-state index in [9.17, 15) is 9.59 Å². The van der Waals surface area contributed by atoms with Gasteiger partial charge in [-0.15, -0.1) is 0 Å². The van der Waals surface area contributed by atoms with Crippen LogP contribution < -0.4 is 20.5 Å². The average molecular weight is 446 g/mol. The van der Waals surface area contributed by atoms with Crippen molar-refractivity contribution in [1.29, 1.82) is 0 Å². The molecule has 4 rings (SSSR count). The van der Waals surface area contributed by atoms with Gasteiger partial charge in [0.15, 0.2) is 11.5 Å². The van der Waals surface area contributed by atoms with Crippen LogP contribution in [0.15, 0.2) is 40.9 Å². The molecule has 2 aromatic carbocycles. The molecule has 0 spiro atoms. The Bertz CT molecular complexity index is 934. The molecule has 146 valence electrons. The smallest absolute Gasteiger partial charge is 0.238 e. The molecule has 0 fully saturated rings. The van der Waals surface area contributed by atoms with Gasteiger partial charge in [-0.1, -0.05) is 24.3 Å². The van der Waals surface area contributed by atoms with E-state index in [0.29, 0.717) is 47.8 Å². The van der Waals surface area contributed by atoms with E-state index in [1.54, 1.807) is 12.1 Å². The largest absolute Gasteiger partial charge is 0.486 e. The highest BCUT2D eigenvalue weighted by molar-refractivity contribution is 9.10. The van der Waals surface area contributed by atoms with E-state index in [2.05, 4.69) is 21.2 Å². The summed E-state index contributed by atoms with van der Waals surface area (Å²) in [6.45, 7) is 1.52. The van der Waals surface area contributed by atoms with Crippen molar-refractivity contribution in [2.75, 3.05) is 25.1 Å². The van der Waals surface area contributed by atoms with Crippen molar-refractivity contribution >= 4 is 33.4 Å². The van der Waals surface area contributed by atoms with Gasteiger partial charge in [-0.3, -0.25) is 14.5 Å². The maximum absolute atomic E-state index is 12.7. The van der Waals surface area contributed by atoms with Crippen molar-refractivity contribution in [2.45, 2.75) is 19.0 Å². The summed E-state index contributed by atoms with van der Waals surface area (Å²) < 4.78 is 11.8. The number of anilines is 1. The topological polar surface area (TPSA) is 93.9 Å². The first kappa shape index (κ1) is 18.8. The molecule has 0 radical (unpaired) electrons. The van der Waals surface area contributed by atoms with Gasteiger partial charge < -0.3 is 20.5 Å². The van der Waals surface area contributed by atoms with Gasteiger partial charge in [0.2, 0.25) is 11.8 Å². The summed E-state index contributed by atoms with van der Waals surface area (Å²) >= 11 is 3.45. The molecule has 2 aliphatic heterocycles. The van der Waals surface area contributed by atoms with Crippen LogP contribution in [0.5, 0.6) is 11.5 Å². The van der Waals surface area contributed by atoms with Crippen LogP contribution in [0.4, 0.5) is 5.69 Å². The number of primary amides is 1.